The van der Waals surface area contributed by atoms with Crippen LogP contribution in [-0.4, -0.2) is 0 Å². The van der Waals surface area contributed by atoms with E-state index in [1.165, 1.54) is 89.9 Å². The fourth-order valence-corrected chi connectivity index (χ4v) is 9.08. The molecule has 0 aromatic heterocycles. The van der Waals surface area contributed by atoms with Crippen LogP contribution in [0.2, 0.25) is 0 Å². The minimum atomic E-state index is 0.525. The zero-order chi connectivity index (χ0) is 71.9. The van der Waals surface area contributed by atoms with Gasteiger partial charge in [0.15, 0.2) is 0 Å². The highest BCUT2D eigenvalue weighted by Gasteiger charge is 2.09. The summed E-state index contributed by atoms with van der Waals surface area (Å²) >= 11 is 0. The van der Waals surface area contributed by atoms with E-state index in [0.29, 0.717) is 41.4 Å². The molecule has 0 N–H and O–H groups in total. The van der Waals surface area contributed by atoms with E-state index in [2.05, 4.69) is 325 Å². The van der Waals surface area contributed by atoms with E-state index in [1.54, 1.807) is 0 Å². The summed E-state index contributed by atoms with van der Waals surface area (Å²) in [5.41, 5.74) is 0. The fraction of sp³-hybridized carbons (Fsp3) is 0.846. The summed E-state index contributed by atoms with van der Waals surface area (Å²) in [5.74, 6) is 60.4. The average Bonchev–Trinajstić information content (AvgIpc) is 3.46. The van der Waals surface area contributed by atoms with Crippen LogP contribution in [0.1, 0.15) is 377 Å². The maximum absolute atomic E-state index is 3.26. The van der Waals surface area contributed by atoms with Crippen LogP contribution in [0.5, 0.6) is 0 Å². The minimum absolute atomic E-state index is 0.525. The molecule has 0 bridgehead atoms. The normalized spacial score (nSPS) is 12.8. The van der Waals surface area contributed by atoms with Crippen LogP contribution in [0.15, 0.2) is 0 Å². The molecule has 0 saturated carbocycles. The third-order valence-electron chi connectivity index (χ3n) is 15.6. The van der Waals surface area contributed by atoms with Crippen molar-refractivity contribution in [2.45, 2.75) is 377 Å². The van der Waals surface area contributed by atoms with Crippen LogP contribution in [0, 0.1) is 207 Å². The van der Waals surface area contributed by atoms with Crippen LogP contribution in [0.4, 0.5) is 0 Å². The zero-order valence-corrected chi connectivity index (χ0v) is 69.0. The quantitative estimate of drug-likeness (QED) is 0.0541. The van der Waals surface area contributed by atoms with E-state index in [0.717, 1.165) is 128 Å². The number of unbranched alkanes of at least 4 members (excludes halogenated alkanes) is 3. The van der Waals surface area contributed by atoms with Crippen molar-refractivity contribution in [1.29, 1.82) is 0 Å². The lowest BCUT2D eigenvalue weighted by Crippen LogP contribution is -2.02. The standard InChI is InChI=1S/7C13H24/c1-11(2)7-6-8-13(5)10-9-12(3)4;3*1-11(2)8-6-7-9-13(5)10-12(3)4;3*1-11(2)9-7-6-8-10-13(5)12(3)4/h11-13H,8-10H2,1-5H3;3*11-13H,7,9-10H2,1-5H3;3*11-13H,6,8,10H2,1-5H3/t3*13-;;2*13-;/m010.10./s1. The largest absolute Gasteiger partial charge is 0.103 e. The van der Waals surface area contributed by atoms with Gasteiger partial charge in [-0.15, -0.1) is 82.9 Å². The van der Waals surface area contributed by atoms with E-state index in [-0.39, 0.29) is 0 Å². The Morgan fingerprint density at radius 1 is 0.187 bits per heavy atom. The van der Waals surface area contributed by atoms with Crippen molar-refractivity contribution in [3.8, 4) is 82.9 Å². The molecule has 0 aliphatic heterocycles. The first-order chi connectivity index (χ1) is 42.2. The summed E-state index contributed by atoms with van der Waals surface area (Å²) in [5, 5.41) is 0. The van der Waals surface area contributed by atoms with Gasteiger partial charge in [0, 0.05) is 86.4 Å². The van der Waals surface area contributed by atoms with Crippen molar-refractivity contribution < 1.29 is 0 Å². The molecule has 0 saturated heterocycles. The van der Waals surface area contributed by atoms with Crippen molar-refractivity contribution >= 4 is 0 Å². The molecule has 0 fully saturated rings. The predicted octanol–water partition coefficient (Wildman–Crippen LogP) is 28.8. The number of rotatable bonds is 28. The summed E-state index contributed by atoms with van der Waals surface area (Å²) < 4.78 is 0. The van der Waals surface area contributed by atoms with Gasteiger partial charge in [-0.2, -0.15) is 0 Å². The molecule has 91 heavy (non-hydrogen) atoms. The highest BCUT2D eigenvalue weighted by atomic mass is 14.1. The van der Waals surface area contributed by atoms with Gasteiger partial charge in [0.05, 0.1) is 0 Å². The second-order valence-electron chi connectivity index (χ2n) is 32.8. The number of hydrogen-bond acceptors (Lipinski definition) is 0. The zero-order valence-electron chi connectivity index (χ0n) is 69.0. The van der Waals surface area contributed by atoms with E-state index in [4.69, 9.17) is 0 Å². The Kier molecular flexibility index (Phi) is 79.4. The van der Waals surface area contributed by atoms with Gasteiger partial charge in [0.25, 0.3) is 0 Å². The third kappa shape index (κ3) is 106. The van der Waals surface area contributed by atoms with Gasteiger partial charge in [-0.1, -0.05) is 249 Å². The summed E-state index contributed by atoms with van der Waals surface area (Å²) in [6, 6.07) is 0. The molecular formula is C91H168. The van der Waals surface area contributed by atoms with Crippen LogP contribution >= 0.6 is 0 Å². The minimum Gasteiger partial charge on any atom is -0.103 e. The van der Waals surface area contributed by atoms with Crippen LogP contribution in [-0.2, 0) is 0 Å². The van der Waals surface area contributed by atoms with Gasteiger partial charge in [0.2, 0.25) is 0 Å². The monoisotopic (exact) mass is 1260 g/mol. The first kappa shape index (κ1) is 101. The summed E-state index contributed by atoms with van der Waals surface area (Å²) in [6.45, 7) is 78.4. The van der Waals surface area contributed by atoms with Gasteiger partial charge in [-0.3, -0.25) is 0 Å². The molecule has 532 valence electrons. The van der Waals surface area contributed by atoms with E-state index in [1.807, 2.05) is 0 Å². The molecule has 0 amide bonds. The van der Waals surface area contributed by atoms with Crippen molar-refractivity contribution in [2.24, 2.45) is 124 Å². The van der Waals surface area contributed by atoms with E-state index in [9.17, 15) is 0 Å². The molecule has 0 radical (unpaired) electrons. The molecule has 0 rings (SSSR count). The maximum atomic E-state index is 3.26. The topological polar surface area (TPSA) is 0 Å². The van der Waals surface area contributed by atoms with Gasteiger partial charge in [0.1, 0.15) is 0 Å². The molecular weight excluding hydrogens is 1090 g/mol. The predicted molar refractivity (Wildman–Crippen MR) is 423 cm³/mol. The molecule has 0 aromatic carbocycles. The second kappa shape index (κ2) is 71.2. The highest BCUT2D eigenvalue weighted by molar-refractivity contribution is 5.05. The molecule has 0 aliphatic rings. The van der Waals surface area contributed by atoms with Crippen LogP contribution < -0.4 is 0 Å². The first-order valence-corrected chi connectivity index (χ1v) is 38.6. The van der Waals surface area contributed by atoms with Crippen molar-refractivity contribution in [2.75, 3.05) is 0 Å². The molecule has 0 nitrogen and oxygen atoms in total. The molecule has 0 aromatic rings. The van der Waals surface area contributed by atoms with Crippen molar-refractivity contribution in [3.63, 3.8) is 0 Å². The SMILES string of the molecule is CC(C)C#CCCC(C)CC(C)C.CC(C)C#CCCCC(C)C(C)C.CC(C)C#CCCC[C@@H](C)C(C)C.CC(C)C#CCCC[C@H](C)C(C)C.CC(C)C#CCC[C@@H](C)CC(C)C.CC(C)C#CCC[C@H](C)CC(C)C.CC(C)C#CC[C@H](C)CCC(C)C. The van der Waals surface area contributed by atoms with E-state index >= 15 is 0 Å². The first-order valence-electron chi connectivity index (χ1n) is 38.6. The third-order valence-corrected chi connectivity index (χ3v) is 15.6. The molecule has 0 aliphatic carbocycles. The van der Waals surface area contributed by atoms with Gasteiger partial charge in [-0.05, 0) is 166 Å². The molecule has 0 heteroatoms. The Bertz CT molecular complexity index is 1790. The fourth-order valence-electron chi connectivity index (χ4n) is 9.08. The van der Waals surface area contributed by atoms with Gasteiger partial charge >= 0.3 is 0 Å². The Morgan fingerprint density at radius 3 is 0.582 bits per heavy atom. The molecule has 2 unspecified atom stereocenters. The smallest absolute Gasteiger partial charge is 0.0146 e. The summed E-state index contributed by atoms with van der Waals surface area (Å²) in [6.07, 6.45) is 25.8. The highest BCUT2D eigenvalue weighted by Crippen LogP contribution is 2.21. The second-order valence-corrected chi connectivity index (χ2v) is 32.8. The lowest BCUT2D eigenvalue weighted by atomic mass is 9.93. The Morgan fingerprint density at radius 2 is 0.396 bits per heavy atom. The average molecular weight is 1260 g/mol. The Hall–Kier alpha value is -3.08. The van der Waals surface area contributed by atoms with Crippen molar-refractivity contribution in [3.05, 3.63) is 0 Å². The Labute approximate surface area is 581 Å². The molecule has 0 heterocycles. The van der Waals surface area contributed by atoms with Crippen LogP contribution in [0.3, 0.4) is 0 Å². The van der Waals surface area contributed by atoms with Crippen molar-refractivity contribution in [1.82, 2.24) is 0 Å². The van der Waals surface area contributed by atoms with Crippen LogP contribution in [0.25, 0.3) is 0 Å². The molecule has 0 spiro atoms. The maximum Gasteiger partial charge on any atom is 0.0146 e. The summed E-state index contributed by atoms with van der Waals surface area (Å²) in [7, 11) is 0. The Balaban J connectivity index is -0.000000181. The molecule has 7 atom stereocenters. The summed E-state index contributed by atoms with van der Waals surface area (Å²) in [4.78, 5) is 0. The van der Waals surface area contributed by atoms with Gasteiger partial charge < -0.3 is 0 Å². The number of hydrogen-bond donors (Lipinski definition) is 0. The van der Waals surface area contributed by atoms with E-state index < -0.39 is 0 Å². The van der Waals surface area contributed by atoms with Gasteiger partial charge in [-0.25, -0.2) is 0 Å². The lowest BCUT2D eigenvalue weighted by molar-refractivity contribution is 0.384. The lowest BCUT2D eigenvalue weighted by Gasteiger charge is -2.13.